The molecule has 0 fully saturated rings. The Morgan fingerprint density at radius 2 is 2.24 bits per heavy atom. The number of nitrogens with zero attached hydrogens (tertiary/aromatic N) is 2. The highest BCUT2D eigenvalue weighted by atomic mass is 16.6. The van der Waals surface area contributed by atoms with Crippen molar-refractivity contribution in [1.82, 2.24) is 0 Å². The van der Waals surface area contributed by atoms with E-state index in [1.807, 2.05) is 6.07 Å². The normalized spacial score (nSPS) is 9.47. The Morgan fingerprint density at radius 3 is 2.65 bits per heavy atom. The first-order chi connectivity index (χ1) is 8.06. The molecule has 17 heavy (non-hydrogen) atoms. The molecule has 0 unspecified atom stereocenters. The molecule has 88 valence electrons. The first-order valence-electron chi connectivity index (χ1n) is 4.85. The first kappa shape index (κ1) is 12.6. The third-order valence-electron chi connectivity index (χ3n) is 2.35. The smallest absolute Gasteiger partial charge is 0.346 e. The van der Waals surface area contributed by atoms with Crippen molar-refractivity contribution in [1.29, 1.82) is 5.26 Å². The Balaban J connectivity index is 3.63. The van der Waals surface area contributed by atoms with Crippen LogP contribution < -0.4 is 0 Å². The van der Waals surface area contributed by atoms with Crippen LogP contribution in [-0.4, -0.2) is 18.0 Å². The minimum absolute atomic E-state index is 0.00792. The number of carbonyl (C=O) groups excluding carboxylic acids is 1. The molecule has 1 rings (SSSR count). The van der Waals surface area contributed by atoms with Gasteiger partial charge < -0.3 is 4.74 Å². The standard InChI is InChI=1S/C11H10N2O4/c1-3-7-4-5-9(13(15)16)10(8(7)6-12)11(14)17-2/h4-5H,3H2,1-2H3. The Morgan fingerprint density at radius 1 is 1.59 bits per heavy atom. The number of rotatable bonds is 3. The van der Waals surface area contributed by atoms with E-state index in [0.29, 0.717) is 12.0 Å². The zero-order valence-corrected chi connectivity index (χ0v) is 9.39. The van der Waals surface area contributed by atoms with E-state index in [4.69, 9.17) is 5.26 Å². The molecule has 0 aromatic heterocycles. The van der Waals surface area contributed by atoms with Crippen molar-refractivity contribution >= 4 is 11.7 Å². The van der Waals surface area contributed by atoms with Gasteiger partial charge in [-0.3, -0.25) is 10.1 Å². The molecule has 0 aliphatic carbocycles. The highest BCUT2D eigenvalue weighted by Gasteiger charge is 2.26. The number of esters is 1. The Kier molecular flexibility index (Phi) is 3.78. The van der Waals surface area contributed by atoms with Crippen LogP contribution in [0.4, 0.5) is 5.69 Å². The van der Waals surface area contributed by atoms with Crippen molar-refractivity contribution in [3.8, 4) is 6.07 Å². The Labute approximate surface area is 97.6 Å². The molecule has 0 saturated heterocycles. The van der Waals surface area contributed by atoms with Crippen LogP contribution >= 0.6 is 0 Å². The van der Waals surface area contributed by atoms with Gasteiger partial charge in [-0.05, 0) is 12.0 Å². The number of hydrogen-bond donors (Lipinski definition) is 0. The van der Waals surface area contributed by atoms with E-state index in [1.165, 1.54) is 12.1 Å². The minimum atomic E-state index is -0.872. The number of carbonyl (C=O) groups is 1. The van der Waals surface area contributed by atoms with Crippen LogP contribution in [-0.2, 0) is 11.2 Å². The van der Waals surface area contributed by atoms with Gasteiger partial charge >= 0.3 is 5.97 Å². The minimum Gasteiger partial charge on any atom is -0.465 e. The van der Waals surface area contributed by atoms with E-state index in [1.54, 1.807) is 6.92 Å². The van der Waals surface area contributed by atoms with E-state index in [2.05, 4.69) is 4.74 Å². The number of aryl methyl sites for hydroxylation is 1. The average Bonchev–Trinajstić information content (AvgIpc) is 2.35. The first-order valence-corrected chi connectivity index (χ1v) is 4.85. The lowest BCUT2D eigenvalue weighted by atomic mass is 9.98. The average molecular weight is 234 g/mol. The third kappa shape index (κ3) is 2.23. The fourth-order valence-corrected chi connectivity index (χ4v) is 1.52. The lowest BCUT2D eigenvalue weighted by molar-refractivity contribution is -0.385. The fraction of sp³-hybridized carbons (Fsp3) is 0.273. The number of nitro groups is 1. The quantitative estimate of drug-likeness (QED) is 0.451. The molecular weight excluding hydrogens is 224 g/mol. The van der Waals surface area contributed by atoms with Gasteiger partial charge in [0.05, 0.1) is 17.6 Å². The summed E-state index contributed by atoms with van der Waals surface area (Å²) in [4.78, 5) is 21.6. The molecular formula is C11H10N2O4. The predicted octanol–water partition coefficient (Wildman–Crippen LogP) is 1.82. The van der Waals surface area contributed by atoms with Crippen molar-refractivity contribution in [2.75, 3.05) is 7.11 Å². The zero-order valence-electron chi connectivity index (χ0n) is 9.39. The summed E-state index contributed by atoms with van der Waals surface area (Å²) >= 11 is 0. The molecule has 0 N–H and O–H groups in total. The van der Waals surface area contributed by atoms with Gasteiger partial charge in [0.25, 0.3) is 5.69 Å². The Hall–Kier alpha value is -2.42. The maximum absolute atomic E-state index is 11.5. The van der Waals surface area contributed by atoms with E-state index in [-0.39, 0.29) is 11.1 Å². The second kappa shape index (κ2) is 5.07. The summed E-state index contributed by atoms with van der Waals surface area (Å²) in [5, 5.41) is 19.8. The lowest BCUT2D eigenvalue weighted by Crippen LogP contribution is -2.10. The second-order valence-electron chi connectivity index (χ2n) is 3.21. The lowest BCUT2D eigenvalue weighted by Gasteiger charge is -2.06. The highest BCUT2D eigenvalue weighted by molar-refractivity contribution is 5.97. The summed E-state index contributed by atoms with van der Waals surface area (Å²) in [6.45, 7) is 1.79. The Bertz CT molecular complexity index is 517. The number of nitriles is 1. The molecule has 0 bridgehead atoms. The highest BCUT2D eigenvalue weighted by Crippen LogP contribution is 2.26. The number of methoxy groups -OCH3 is 1. The molecule has 1 aromatic carbocycles. The summed E-state index contributed by atoms with van der Waals surface area (Å²) in [6, 6.07) is 4.51. The summed E-state index contributed by atoms with van der Waals surface area (Å²) in [5.74, 6) is -0.872. The number of benzene rings is 1. The molecule has 0 spiro atoms. The van der Waals surface area contributed by atoms with Crippen LogP contribution in [0.3, 0.4) is 0 Å². The number of ether oxygens (including phenoxy) is 1. The van der Waals surface area contributed by atoms with Crippen LogP contribution in [0.2, 0.25) is 0 Å². The molecule has 6 nitrogen and oxygen atoms in total. The molecule has 0 amide bonds. The second-order valence-corrected chi connectivity index (χ2v) is 3.21. The van der Waals surface area contributed by atoms with Crippen molar-refractivity contribution < 1.29 is 14.5 Å². The maximum Gasteiger partial charge on any atom is 0.346 e. The topological polar surface area (TPSA) is 93.2 Å². The van der Waals surface area contributed by atoms with Gasteiger partial charge in [-0.2, -0.15) is 5.26 Å². The van der Waals surface area contributed by atoms with Gasteiger partial charge in [-0.15, -0.1) is 0 Å². The maximum atomic E-state index is 11.5. The summed E-state index contributed by atoms with van der Waals surface area (Å²) < 4.78 is 4.47. The molecule has 0 heterocycles. The largest absolute Gasteiger partial charge is 0.465 e. The third-order valence-corrected chi connectivity index (χ3v) is 2.35. The molecule has 0 aliphatic heterocycles. The SMILES string of the molecule is CCc1ccc([N+](=O)[O-])c(C(=O)OC)c1C#N. The van der Waals surface area contributed by atoms with Crippen molar-refractivity contribution in [2.24, 2.45) is 0 Å². The van der Waals surface area contributed by atoms with Crippen LogP contribution in [0.15, 0.2) is 12.1 Å². The van der Waals surface area contributed by atoms with E-state index in [9.17, 15) is 14.9 Å². The molecule has 0 atom stereocenters. The number of hydrogen-bond acceptors (Lipinski definition) is 5. The summed E-state index contributed by atoms with van der Waals surface area (Å²) in [6.07, 6.45) is 0.505. The summed E-state index contributed by atoms with van der Waals surface area (Å²) in [5.41, 5.74) is -0.1000. The van der Waals surface area contributed by atoms with Crippen LogP contribution in [0.5, 0.6) is 0 Å². The van der Waals surface area contributed by atoms with E-state index in [0.717, 1.165) is 7.11 Å². The van der Waals surface area contributed by atoms with Gasteiger partial charge in [-0.25, -0.2) is 4.79 Å². The molecule has 0 radical (unpaired) electrons. The van der Waals surface area contributed by atoms with Gasteiger partial charge in [0.1, 0.15) is 6.07 Å². The monoisotopic (exact) mass is 234 g/mol. The van der Waals surface area contributed by atoms with Gasteiger partial charge in [0.2, 0.25) is 0 Å². The number of nitro benzene ring substituents is 1. The van der Waals surface area contributed by atoms with Crippen molar-refractivity contribution in [2.45, 2.75) is 13.3 Å². The van der Waals surface area contributed by atoms with E-state index < -0.39 is 16.6 Å². The molecule has 0 aliphatic rings. The molecule has 1 aromatic rings. The summed E-state index contributed by atoms with van der Waals surface area (Å²) in [7, 11) is 1.12. The molecule has 0 saturated carbocycles. The van der Waals surface area contributed by atoms with Crippen molar-refractivity contribution in [3.63, 3.8) is 0 Å². The fourth-order valence-electron chi connectivity index (χ4n) is 1.52. The van der Waals surface area contributed by atoms with E-state index >= 15 is 0 Å². The van der Waals surface area contributed by atoms with Gasteiger partial charge in [0.15, 0.2) is 5.56 Å². The van der Waals surface area contributed by atoms with Crippen LogP contribution in [0.1, 0.15) is 28.4 Å². The zero-order chi connectivity index (χ0) is 13.0. The predicted molar refractivity (Wildman–Crippen MR) is 58.5 cm³/mol. The van der Waals surface area contributed by atoms with Crippen molar-refractivity contribution in [3.05, 3.63) is 38.9 Å². The van der Waals surface area contributed by atoms with Crippen LogP contribution in [0, 0.1) is 21.4 Å². The van der Waals surface area contributed by atoms with Crippen LogP contribution in [0.25, 0.3) is 0 Å². The van der Waals surface area contributed by atoms with Gasteiger partial charge in [-0.1, -0.05) is 13.0 Å². The molecule has 6 heteroatoms. The van der Waals surface area contributed by atoms with Gasteiger partial charge in [0, 0.05) is 6.07 Å².